The summed E-state index contributed by atoms with van der Waals surface area (Å²) in [5.74, 6) is -1.72. The molecule has 0 amide bonds. The van der Waals surface area contributed by atoms with E-state index in [0.29, 0.717) is 5.56 Å². The van der Waals surface area contributed by atoms with Crippen molar-refractivity contribution in [1.29, 1.82) is 0 Å². The van der Waals surface area contributed by atoms with Gasteiger partial charge in [-0.05, 0) is 12.5 Å². The van der Waals surface area contributed by atoms with Gasteiger partial charge < -0.3 is 10.5 Å². The quantitative estimate of drug-likeness (QED) is 0.788. The molecule has 1 aromatic carbocycles. The normalized spacial score (nSPS) is 24.9. The van der Waals surface area contributed by atoms with Crippen LogP contribution < -0.4 is 10.5 Å². The summed E-state index contributed by atoms with van der Waals surface area (Å²) in [6.07, 6.45) is 0.807. The average Bonchev–Trinajstić information content (AvgIpc) is 2.87. The van der Waals surface area contributed by atoms with E-state index in [1.54, 1.807) is 0 Å². The molecule has 0 unspecified atom stereocenters. The van der Waals surface area contributed by atoms with E-state index < -0.39 is 11.6 Å². The maximum absolute atomic E-state index is 13.2. The Hall–Kier alpha value is -1.16. The lowest BCUT2D eigenvalue weighted by Gasteiger charge is -2.08. The van der Waals surface area contributed by atoms with Gasteiger partial charge in [0.15, 0.2) is 11.6 Å². The highest BCUT2D eigenvalue weighted by atomic mass is 19.2. The maximum Gasteiger partial charge on any atom is 0.200 e. The number of nitrogens with two attached hydrogens (primary N) is 1. The summed E-state index contributed by atoms with van der Waals surface area (Å²) in [6, 6.07) is 2.70. The highest BCUT2D eigenvalue weighted by molar-refractivity contribution is 5.42. The van der Waals surface area contributed by atoms with Gasteiger partial charge in [0.25, 0.3) is 0 Å². The summed E-state index contributed by atoms with van der Waals surface area (Å²) >= 11 is 0. The first-order chi connectivity index (χ1) is 6.65. The van der Waals surface area contributed by atoms with Crippen molar-refractivity contribution in [3.63, 3.8) is 0 Å². The number of hydrogen-bond donors (Lipinski definition) is 1. The van der Waals surface area contributed by atoms with Crippen molar-refractivity contribution in [1.82, 2.24) is 0 Å². The lowest BCUT2D eigenvalue weighted by atomic mass is 10.1. The lowest BCUT2D eigenvalue weighted by Crippen LogP contribution is -2.04. The van der Waals surface area contributed by atoms with Crippen LogP contribution in [0, 0.1) is 11.6 Å². The van der Waals surface area contributed by atoms with Crippen molar-refractivity contribution in [2.24, 2.45) is 5.73 Å². The zero-order chi connectivity index (χ0) is 10.3. The summed E-state index contributed by atoms with van der Waals surface area (Å²) in [5, 5.41) is 0. The molecule has 0 saturated heterocycles. The van der Waals surface area contributed by atoms with Crippen molar-refractivity contribution in [2.75, 3.05) is 7.11 Å². The minimum atomic E-state index is -0.927. The molecule has 76 valence electrons. The predicted octanol–water partition coefficient (Wildman–Crippen LogP) is 1.79. The second-order valence-electron chi connectivity index (χ2n) is 3.49. The SMILES string of the molecule is COc1c([C@@H]2C[C@H]2N)ccc(F)c1F. The van der Waals surface area contributed by atoms with Gasteiger partial charge in [0, 0.05) is 17.5 Å². The van der Waals surface area contributed by atoms with Crippen molar-refractivity contribution in [3.8, 4) is 5.75 Å². The van der Waals surface area contributed by atoms with Crippen LogP contribution >= 0.6 is 0 Å². The Kier molecular flexibility index (Phi) is 2.15. The molecule has 1 saturated carbocycles. The van der Waals surface area contributed by atoms with Gasteiger partial charge in [0.2, 0.25) is 5.82 Å². The zero-order valence-corrected chi connectivity index (χ0v) is 7.76. The minimum Gasteiger partial charge on any atom is -0.493 e. The summed E-state index contributed by atoms with van der Waals surface area (Å²) in [4.78, 5) is 0. The van der Waals surface area contributed by atoms with Crippen LogP contribution in [0.5, 0.6) is 5.75 Å². The van der Waals surface area contributed by atoms with Gasteiger partial charge in [-0.15, -0.1) is 0 Å². The summed E-state index contributed by atoms with van der Waals surface area (Å²) in [5.41, 5.74) is 6.30. The molecule has 2 rings (SSSR count). The van der Waals surface area contributed by atoms with E-state index >= 15 is 0 Å². The molecule has 0 radical (unpaired) electrons. The smallest absolute Gasteiger partial charge is 0.200 e. The number of halogens is 2. The van der Waals surface area contributed by atoms with Crippen LogP contribution in [0.3, 0.4) is 0 Å². The van der Waals surface area contributed by atoms with E-state index in [0.717, 1.165) is 12.5 Å². The number of benzene rings is 1. The molecule has 4 heteroatoms. The molecule has 0 bridgehead atoms. The van der Waals surface area contributed by atoms with E-state index in [1.807, 2.05) is 0 Å². The first kappa shape index (κ1) is 9.40. The Morgan fingerprint density at radius 2 is 2.07 bits per heavy atom. The third kappa shape index (κ3) is 1.35. The molecule has 0 heterocycles. The van der Waals surface area contributed by atoms with Crippen LogP contribution in [-0.4, -0.2) is 13.2 Å². The fourth-order valence-corrected chi connectivity index (χ4v) is 1.62. The van der Waals surface area contributed by atoms with Crippen LogP contribution in [0.4, 0.5) is 8.78 Å². The molecule has 2 atom stereocenters. The molecule has 2 N–H and O–H groups in total. The molecular formula is C10H11F2NO. The topological polar surface area (TPSA) is 35.2 Å². The molecule has 1 fully saturated rings. The second-order valence-corrected chi connectivity index (χ2v) is 3.49. The number of ether oxygens (including phenoxy) is 1. The Labute approximate surface area is 80.7 Å². The first-order valence-corrected chi connectivity index (χ1v) is 4.42. The number of methoxy groups -OCH3 is 1. The van der Waals surface area contributed by atoms with Gasteiger partial charge in [0.1, 0.15) is 0 Å². The minimum absolute atomic E-state index is 0.0112. The average molecular weight is 199 g/mol. The van der Waals surface area contributed by atoms with Gasteiger partial charge >= 0.3 is 0 Å². The third-order valence-electron chi connectivity index (χ3n) is 2.52. The Morgan fingerprint density at radius 3 is 2.57 bits per heavy atom. The molecular weight excluding hydrogens is 188 g/mol. The number of hydrogen-bond acceptors (Lipinski definition) is 2. The van der Waals surface area contributed by atoms with Crippen LogP contribution in [0.2, 0.25) is 0 Å². The maximum atomic E-state index is 13.2. The van der Waals surface area contributed by atoms with Crippen molar-refractivity contribution in [3.05, 3.63) is 29.3 Å². The predicted molar refractivity (Wildman–Crippen MR) is 48.2 cm³/mol. The first-order valence-electron chi connectivity index (χ1n) is 4.42. The molecule has 2 nitrogen and oxygen atoms in total. The molecule has 0 spiro atoms. The van der Waals surface area contributed by atoms with Crippen LogP contribution in [0.25, 0.3) is 0 Å². The van der Waals surface area contributed by atoms with Gasteiger partial charge in [-0.1, -0.05) is 6.07 Å². The Balaban J connectivity index is 2.45. The fourth-order valence-electron chi connectivity index (χ4n) is 1.62. The van der Waals surface area contributed by atoms with Gasteiger partial charge in [-0.25, -0.2) is 4.39 Å². The third-order valence-corrected chi connectivity index (χ3v) is 2.52. The van der Waals surface area contributed by atoms with Gasteiger partial charge in [-0.3, -0.25) is 0 Å². The molecule has 1 aromatic rings. The summed E-state index contributed by atoms with van der Waals surface area (Å²) in [7, 11) is 1.33. The Bertz CT molecular complexity index is 367. The molecule has 1 aliphatic carbocycles. The van der Waals surface area contributed by atoms with Crippen molar-refractivity contribution in [2.45, 2.75) is 18.4 Å². The van der Waals surface area contributed by atoms with E-state index in [-0.39, 0.29) is 17.7 Å². The van der Waals surface area contributed by atoms with E-state index in [2.05, 4.69) is 0 Å². The fraction of sp³-hybridized carbons (Fsp3) is 0.400. The van der Waals surface area contributed by atoms with Crippen molar-refractivity contribution < 1.29 is 13.5 Å². The molecule has 0 aliphatic heterocycles. The van der Waals surface area contributed by atoms with E-state index in [4.69, 9.17) is 10.5 Å². The number of rotatable bonds is 2. The lowest BCUT2D eigenvalue weighted by molar-refractivity contribution is 0.367. The molecule has 1 aliphatic rings. The van der Waals surface area contributed by atoms with E-state index in [1.165, 1.54) is 13.2 Å². The van der Waals surface area contributed by atoms with Crippen LogP contribution in [0.1, 0.15) is 17.9 Å². The molecule has 14 heavy (non-hydrogen) atoms. The zero-order valence-electron chi connectivity index (χ0n) is 7.76. The summed E-state index contributed by atoms with van der Waals surface area (Å²) in [6.45, 7) is 0. The van der Waals surface area contributed by atoms with Gasteiger partial charge in [-0.2, -0.15) is 4.39 Å². The monoisotopic (exact) mass is 199 g/mol. The molecule has 0 aromatic heterocycles. The highest BCUT2D eigenvalue weighted by Crippen LogP contribution is 2.44. The van der Waals surface area contributed by atoms with Crippen molar-refractivity contribution >= 4 is 0 Å². The standard InChI is InChI=1S/C10H11F2NO/c1-14-10-5(6-4-8(6)13)2-3-7(11)9(10)12/h2-3,6,8H,4,13H2,1H3/t6-,8+/m0/s1. The Morgan fingerprint density at radius 1 is 1.43 bits per heavy atom. The van der Waals surface area contributed by atoms with Crippen LogP contribution in [-0.2, 0) is 0 Å². The highest BCUT2D eigenvalue weighted by Gasteiger charge is 2.38. The summed E-state index contributed by atoms with van der Waals surface area (Å²) < 4.78 is 30.9. The van der Waals surface area contributed by atoms with Crippen LogP contribution in [0.15, 0.2) is 12.1 Å². The largest absolute Gasteiger partial charge is 0.493 e. The second kappa shape index (κ2) is 3.20. The van der Waals surface area contributed by atoms with Gasteiger partial charge in [0.05, 0.1) is 7.11 Å². The van der Waals surface area contributed by atoms with E-state index in [9.17, 15) is 8.78 Å².